The van der Waals surface area contributed by atoms with Gasteiger partial charge in [0.25, 0.3) is 0 Å². The molecule has 0 bridgehead atoms. The normalized spacial score (nSPS) is 12.0. The lowest BCUT2D eigenvalue weighted by Gasteiger charge is -2.21. The van der Waals surface area contributed by atoms with Crippen molar-refractivity contribution < 1.29 is 10.2 Å². The van der Waals surface area contributed by atoms with Crippen LogP contribution in [0, 0.1) is 0 Å². The molecule has 0 aliphatic carbocycles. The van der Waals surface area contributed by atoms with Crippen molar-refractivity contribution in [1.29, 1.82) is 0 Å². The van der Waals surface area contributed by atoms with Crippen molar-refractivity contribution in [2.45, 2.75) is 110 Å². The van der Waals surface area contributed by atoms with E-state index in [1.54, 1.807) is 0 Å². The quantitative estimate of drug-likeness (QED) is 0.338. The highest BCUT2D eigenvalue weighted by Crippen LogP contribution is 2.19. The average Bonchev–Trinajstić information content (AvgIpc) is 2.38. The molecule has 0 fully saturated rings. The van der Waals surface area contributed by atoms with Crippen LogP contribution in [0.4, 0.5) is 0 Å². The third-order valence-electron chi connectivity index (χ3n) is 3.86. The molecule has 0 aliphatic heterocycles. The van der Waals surface area contributed by atoms with E-state index in [-0.39, 0.29) is 0 Å². The van der Waals surface area contributed by atoms with E-state index in [0.29, 0.717) is 12.8 Å². The molecule has 0 aromatic heterocycles. The van der Waals surface area contributed by atoms with Crippen molar-refractivity contribution in [3.8, 4) is 0 Å². The Bertz CT molecular complexity index is 178. The second-order valence-corrected chi connectivity index (χ2v) is 6.02. The van der Waals surface area contributed by atoms with E-state index in [2.05, 4.69) is 13.8 Å². The molecule has 116 valence electrons. The Morgan fingerprint density at radius 3 is 1.37 bits per heavy atom. The second kappa shape index (κ2) is 12.9. The monoisotopic (exact) mass is 272 g/mol. The Balaban J connectivity index is 3.21. The van der Waals surface area contributed by atoms with E-state index in [9.17, 15) is 10.2 Å². The van der Waals surface area contributed by atoms with Crippen molar-refractivity contribution in [2.75, 3.05) is 0 Å². The Morgan fingerprint density at radius 1 is 0.526 bits per heavy atom. The fraction of sp³-hybridized carbons (Fsp3) is 1.00. The topological polar surface area (TPSA) is 40.5 Å². The third kappa shape index (κ3) is 14.1. The highest BCUT2D eigenvalue weighted by molar-refractivity contribution is 4.64. The lowest BCUT2D eigenvalue weighted by molar-refractivity contribution is -0.171. The van der Waals surface area contributed by atoms with Gasteiger partial charge >= 0.3 is 0 Å². The minimum absolute atomic E-state index is 0.529. The lowest BCUT2D eigenvalue weighted by Crippen LogP contribution is -2.27. The predicted molar refractivity (Wildman–Crippen MR) is 83.2 cm³/mol. The molecular weight excluding hydrogens is 236 g/mol. The highest BCUT2D eigenvalue weighted by Gasteiger charge is 2.20. The molecule has 0 amide bonds. The van der Waals surface area contributed by atoms with Crippen molar-refractivity contribution in [1.82, 2.24) is 0 Å². The third-order valence-corrected chi connectivity index (χ3v) is 3.86. The summed E-state index contributed by atoms with van der Waals surface area (Å²) in [6.45, 7) is 4.33. The van der Waals surface area contributed by atoms with Gasteiger partial charge in [0.15, 0.2) is 5.79 Å². The Labute approximate surface area is 120 Å². The van der Waals surface area contributed by atoms with Gasteiger partial charge in [0.05, 0.1) is 0 Å². The van der Waals surface area contributed by atoms with Gasteiger partial charge in [0, 0.05) is 12.8 Å². The summed E-state index contributed by atoms with van der Waals surface area (Å²) in [7, 11) is 0. The molecule has 0 radical (unpaired) electrons. The van der Waals surface area contributed by atoms with Crippen molar-refractivity contribution in [3.63, 3.8) is 0 Å². The minimum atomic E-state index is -1.41. The van der Waals surface area contributed by atoms with Gasteiger partial charge in [-0.3, -0.25) is 0 Å². The van der Waals surface area contributed by atoms with Crippen LogP contribution >= 0.6 is 0 Å². The van der Waals surface area contributed by atoms with E-state index in [4.69, 9.17) is 0 Å². The Morgan fingerprint density at radius 2 is 0.895 bits per heavy atom. The first-order valence-corrected chi connectivity index (χ1v) is 8.57. The van der Waals surface area contributed by atoms with Gasteiger partial charge in [-0.05, 0) is 12.8 Å². The van der Waals surface area contributed by atoms with E-state index < -0.39 is 5.79 Å². The number of unbranched alkanes of at least 4 members (excludes halogenated alkanes) is 10. The molecule has 2 N–H and O–H groups in total. The molecule has 0 saturated carbocycles. The van der Waals surface area contributed by atoms with Gasteiger partial charge in [0.2, 0.25) is 0 Å². The molecule has 0 unspecified atom stereocenters. The van der Waals surface area contributed by atoms with Crippen LogP contribution in [-0.4, -0.2) is 16.0 Å². The van der Waals surface area contributed by atoms with Crippen molar-refractivity contribution in [3.05, 3.63) is 0 Å². The summed E-state index contributed by atoms with van der Waals surface area (Å²) in [5, 5.41) is 19.4. The molecule has 19 heavy (non-hydrogen) atoms. The van der Waals surface area contributed by atoms with Gasteiger partial charge in [0.1, 0.15) is 0 Å². The predicted octanol–water partition coefficient (Wildman–Crippen LogP) is 5.17. The summed E-state index contributed by atoms with van der Waals surface area (Å²) < 4.78 is 0. The summed E-state index contributed by atoms with van der Waals surface area (Å²) in [5.74, 6) is -1.41. The number of hydrogen-bond donors (Lipinski definition) is 2. The van der Waals surface area contributed by atoms with Crippen LogP contribution < -0.4 is 0 Å². The second-order valence-electron chi connectivity index (χ2n) is 6.02. The first-order valence-electron chi connectivity index (χ1n) is 8.57. The van der Waals surface area contributed by atoms with Gasteiger partial charge in [-0.25, -0.2) is 0 Å². The van der Waals surface area contributed by atoms with Gasteiger partial charge < -0.3 is 10.2 Å². The van der Waals surface area contributed by atoms with E-state index in [1.165, 1.54) is 51.4 Å². The van der Waals surface area contributed by atoms with Crippen LogP contribution in [-0.2, 0) is 0 Å². The molecule has 0 rings (SSSR count). The summed E-state index contributed by atoms with van der Waals surface area (Å²) in [6.07, 6.45) is 15.9. The fourth-order valence-electron chi connectivity index (χ4n) is 2.48. The first kappa shape index (κ1) is 18.9. The van der Waals surface area contributed by atoms with Gasteiger partial charge in [-0.1, -0.05) is 78.1 Å². The largest absolute Gasteiger partial charge is 0.366 e. The van der Waals surface area contributed by atoms with Crippen molar-refractivity contribution >= 4 is 0 Å². The molecular formula is C17H36O2. The first-order chi connectivity index (χ1) is 9.12. The maximum atomic E-state index is 9.72. The van der Waals surface area contributed by atoms with Crippen LogP contribution in [0.2, 0.25) is 0 Å². The summed E-state index contributed by atoms with van der Waals surface area (Å²) in [6, 6.07) is 0. The van der Waals surface area contributed by atoms with Crippen LogP contribution in [0.3, 0.4) is 0 Å². The standard InChI is InChI=1S/C17H36O2/c1-3-5-7-8-9-10-11-12-13-14-16-17(18,19)15-6-4-2/h18-19H,3-16H2,1-2H3. The van der Waals surface area contributed by atoms with Gasteiger partial charge in [-0.2, -0.15) is 0 Å². The smallest absolute Gasteiger partial charge is 0.162 e. The molecule has 0 aromatic carbocycles. The van der Waals surface area contributed by atoms with Gasteiger partial charge in [-0.15, -0.1) is 0 Å². The number of hydrogen-bond acceptors (Lipinski definition) is 2. The zero-order valence-electron chi connectivity index (χ0n) is 13.3. The summed E-state index contributed by atoms with van der Waals surface area (Å²) in [5.41, 5.74) is 0. The Kier molecular flexibility index (Phi) is 12.9. The number of aliphatic hydroxyl groups is 2. The van der Waals surface area contributed by atoms with Crippen LogP contribution in [0.15, 0.2) is 0 Å². The van der Waals surface area contributed by atoms with Crippen molar-refractivity contribution in [2.24, 2.45) is 0 Å². The summed E-state index contributed by atoms with van der Waals surface area (Å²) >= 11 is 0. The number of rotatable bonds is 14. The molecule has 0 atom stereocenters. The van der Waals surface area contributed by atoms with Crippen LogP contribution in [0.1, 0.15) is 104 Å². The Hall–Kier alpha value is -0.0800. The van der Waals surface area contributed by atoms with E-state index in [0.717, 1.165) is 25.7 Å². The lowest BCUT2D eigenvalue weighted by atomic mass is 10.0. The maximum absolute atomic E-state index is 9.72. The highest BCUT2D eigenvalue weighted by atomic mass is 16.5. The van der Waals surface area contributed by atoms with Crippen LogP contribution in [0.5, 0.6) is 0 Å². The zero-order chi connectivity index (χ0) is 14.4. The summed E-state index contributed by atoms with van der Waals surface area (Å²) in [4.78, 5) is 0. The molecule has 0 heterocycles. The molecule has 0 aliphatic rings. The SMILES string of the molecule is CCCCCCCCCCCCC(O)(O)CCCC. The molecule has 0 saturated heterocycles. The molecule has 0 spiro atoms. The van der Waals surface area contributed by atoms with E-state index in [1.807, 2.05) is 0 Å². The zero-order valence-corrected chi connectivity index (χ0v) is 13.3. The fourth-order valence-corrected chi connectivity index (χ4v) is 2.48. The average molecular weight is 272 g/mol. The molecule has 2 nitrogen and oxygen atoms in total. The van der Waals surface area contributed by atoms with E-state index >= 15 is 0 Å². The minimum Gasteiger partial charge on any atom is -0.366 e. The maximum Gasteiger partial charge on any atom is 0.162 e. The molecule has 0 aromatic rings. The molecule has 2 heteroatoms. The van der Waals surface area contributed by atoms with Crippen LogP contribution in [0.25, 0.3) is 0 Å².